The molecule has 0 unspecified atom stereocenters. The predicted octanol–water partition coefficient (Wildman–Crippen LogP) is 3.99. The van der Waals surface area contributed by atoms with Crippen molar-refractivity contribution in [1.29, 1.82) is 0 Å². The number of hydrogen-bond acceptors (Lipinski definition) is 4. The van der Waals surface area contributed by atoms with Crippen molar-refractivity contribution < 1.29 is 14.9 Å². The highest BCUT2D eigenvalue weighted by atomic mass is 79.9. The Bertz CT molecular complexity index is 765. The minimum Gasteiger partial charge on any atom is -0.507 e. The fourth-order valence-corrected chi connectivity index (χ4v) is 3.95. The summed E-state index contributed by atoms with van der Waals surface area (Å²) in [6.07, 6.45) is 0.237. The van der Waals surface area contributed by atoms with Crippen LogP contribution in [0.3, 0.4) is 0 Å². The molecular weight excluding hydrogens is 406 g/mol. The van der Waals surface area contributed by atoms with Crippen LogP contribution >= 0.6 is 15.9 Å². The van der Waals surface area contributed by atoms with E-state index in [0.717, 1.165) is 5.56 Å². The molecule has 3 rings (SSSR count). The number of aromatic hydroxyl groups is 1. The van der Waals surface area contributed by atoms with Crippen LogP contribution in [-0.4, -0.2) is 35.6 Å². The number of aliphatic hydroxyl groups excluding tert-OH is 1. The molecule has 1 aliphatic rings. The van der Waals surface area contributed by atoms with Gasteiger partial charge in [0.1, 0.15) is 5.75 Å². The maximum atomic E-state index is 10.8. The molecule has 27 heavy (non-hydrogen) atoms. The van der Waals surface area contributed by atoms with Crippen LogP contribution in [0.5, 0.6) is 5.75 Å². The highest BCUT2D eigenvalue weighted by Gasteiger charge is 2.32. The van der Waals surface area contributed by atoms with E-state index >= 15 is 0 Å². The SMILES string of the molecule is CC(C)c1cccc(CN[C@H]2COC[C@@H](Cc3ccc(O)c(Br)c3)[C@@H]2O)c1. The van der Waals surface area contributed by atoms with Crippen LogP contribution in [0.25, 0.3) is 0 Å². The van der Waals surface area contributed by atoms with Crippen molar-refractivity contribution in [1.82, 2.24) is 5.32 Å². The molecule has 1 aliphatic heterocycles. The Kier molecular flexibility index (Phi) is 6.93. The number of benzene rings is 2. The summed E-state index contributed by atoms with van der Waals surface area (Å²) < 4.78 is 6.43. The van der Waals surface area contributed by atoms with E-state index in [1.165, 1.54) is 11.1 Å². The summed E-state index contributed by atoms with van der Waals surface area (Å²) in [4.78, 5) is 0. The summed E-state index contributed by atoms with van der Waals surface area (Å²) in [5.74, 6) is 0.750. The number of aliphatic hydroxyl groups is 1. The van der Waals surface area contributed by atoms with Gasteiger partial charge in [-0.25, -0.2) is 0 Å². The van der Waals surface area contributed by atoms with Crippen LogP contribution in [0, 0.1) is 5.92 Å². The van der Waals surface area contributed by atoms with Crippen molar-refractivity contribution in [3.8, 4) is 5.75 Å². The molecule has 0 spiro atoms. The van der Waals surface area contributed by atoms with E-state index in [1.807, 2.05) is 12.1 Å². The minimum atomic E-state index is -0.473. The lowest BCUT2D eigenvalue weighted by molar-refractivity contribution is -0.0609. The third-order valence-electron chi connectivity index (χ3n) is 5.22. The zero-order chi connectivity index (χ0) is 19.4. The van der Waals surface area contributed by atoms with Gasteiger partial charge in [0.2, 0.25) is 0 Å². The van der Waals surface area contributed by atoms with Gasteiger partial charge in [0.05, 0.1) is 29.8 Å². The smallest absolute Gasteiger partial charge is 0.129 e. The summed E-state index contributed by atoms with van der Waals surface area (Å²) >= 11 is 3.35. The molecule has 2 aromatic rings. The standard InChI is InChI=1S/C22H28BrNO3/c1-14(2)17-5-3-4-16(9-17)11-24-20-13-27-12-18(22(20)26)8-15-6-7-21(25)19(23)10-15/h3-7,9-10,14,18,20,22,24-26H,8,11-13H2,1-2H3/t18-,20+,22+/m1/s1. The Labute approximate surface area is 169 Å². The molecule has 1 fully saturated rings. The van der Waals surface area contributed by atoms with Crippen molar-refractivity contribution in [3.05, 3.63) is 63.6 Å². The molecule has 0 bridgehead atoms. The molecule has 2 aromatic carbocycles. The van der Waals surface area contributed by atoms with E-state index in [9.17, 15) is 10.2 Å². The van der Waals surface area contributed by atoms with E-state index in [2.05, 4.69) is 59.4 Å². The first kappa shape index (κ1) is 20.3. The highest BCUT2D eigenvalue weighted by Crippen LogP contribution is 2.27. The largest absolute Gasteiger partial charge is 0.507 e. The molecule has 0 amide bonds. The minimum absolute atomic E-state index is 0.0229. The number of phenols is 1. The van der Waals surface area contributed by atoms with Gasteiger partial charge in [0.15, 0.2) is 0 Å². The summed E-state index contributed by atoms with van der Waals surface area (Å²) in [6.45, 7) is 6.15. The molecule has 3 N–H and O–H groups in total. The van der Waals surface area contributed by atoms with Gasteiger partial charge >= 0.3 is 0 Å². The second-order valence-corrected chi connectivity index (χ2v) is 8.52. The average Bonchev–Trinajstić information content (AvgIpc) is 2.65. The molecule has 5 heteroatoms. The lowest BCUT2D eigenvalue weighted by Crippen LogP contribution is -2.52. The number of ether oxygens (including phenoxy) is 1. The number of phenolic OH excluding ortho intramolecular Hbond substituents is 1. The van der Waals surface area contributed by atoms with Crippen molar-refractivity contribution in [2.75, 3.05) is 13.2 Å². The van der Waals surface area contributed by atoms with Crippen molar-refractivity contribution >= 4 is 15.9 Å². The Morgan fingerprint density at radius 2 is 1.96 bits per heavy atom. The van der Waals surface area contributed by atoms with Gasteiger partial charge < -0.3 is 20.3 Å². The summed E-state index contributed by atoms with van der Waals surface area (Å²) in [6, 6.07) is 13.9. The Balaban J connectivity index is 1.60. The average molecular weight is 434 g/mol. The molecule has 1 saturated heterocycles. The Morgan fingerprint density at radius 3 is 2.70 bits per heavy atom. The van der Waals surface area contributed by atoms with E-state index in [-0.39, 0.29) is 17.7 Å². The molecule has 4 nitrogen and oxygen atoms in total. The van der Waals surface area contributed by atoms with E-state index in [1.54, 1.807) is 6.07 Å². The van der Waals surface area contributed by atoms with E-state index in [4.69, 9.17) is 4.74 Å². The Morgan fingerprint density at radius 1 is 1.15 bits per heavy atom. The van der Waals surface area contributed by atoms with Crippen LogP contribution in [0.1, 0.15) is 36.5 Å². The molecular formula is C22H28BrNO3. The number of hydrogen-bond donors (Lipinski definition) is 3. The quantitative estimate of drug-likeness (QED) is 0.644. The van der Waals surface area contributed by atoms with E-state index in [0.29, 0.717) is 36.6 Å². The predicted molar refractivity (Wildman–Crippen MR) is 111 cm³/mol. The van der Waals surface area contributed by atoms with Crippen LogP contribution < -0.4 is 5.32 Å². The first-order valence-corrected chi connectivity index (χ1v) is 10.3. The van der Waals surface area contributed by atoms with Crippen LogP contribution in [0.4, 0.5) is 0 Å². The molecule has 1 heterocycles. The second kappa shape index (κ2) is 9.20. The Hall–Kier alpha value is -1.40. The fourth-order valence-electron chi connectivity index (χ4n) is 3.52. The van der Waals surface area contributed by atoms with Gasteiger partial charge in [-0.3, -0.25) is 0 Å². The molecule has 3 atom stereocenters. The molecule has 0 aromatic heterocycles. The monoisotopic (exact) mass is 433 g/mol. The van der Waals surface area contributed by atoms with Crippen molar-refractivity contribution in [3.63, 3.8) is 0 Å². The number of rotatable bonds is 6. The topological polar surface area (TPSA) is 61.7 Å². The number of halogens is 1. The lowest BCUT2D eigenvalue weighted by Gasteiger charge is -2.35. The maximum absolute atomic E-state index is 10.8. The zero-order valence-corrected chi connectivity index (χ0v) is 17.4. The van der Waals surface area contributed by atoms with Gasteiger partial charge in [0, 0.05) is 12.5 Å². The third-order valence-corrected chi connectivity index (χ3v) is 5.86. The number of nitrogens with one attached hydrogen (secondary N) is 1. The molecule has 146 valence electrons. The van der Waals surface area contributed by atoms with E-state index < -0.39 is 6.10 Å². The normalized spacial score (nSPS) is 22.9. The summed E-state index contributed by atoms with van der Waals surface area (Å²) in [7, 11) is 0. The molecule has 0 radical (unpaired) electrons. The van der Waals surface area contributed by atoms with Gasteiger partial charge in [-0.1, -0.05) is 44.2 Å². The third kappa shape index (κ3) is 5.32. The fraction of sp³-hybridized carbons (Fsp3) is 0.455. The summed E-state index contributed by atoms with van der Waals surface area (Å²) in [5.41, 5.74) is 3.61. The van der Waals surface area contributed by atoms with Gasteiger partial charge in [-0.05, 0) is 57.1 Å². The van der Waals surface area contributed by atoms with Gasteiger partial charge in [0.25, 0.3) is 0 Å². The maximum Gasteiger partial charge on any atom is 0.129 e. The van der Waals surface area contributed by atoms with Gasteiger partial charge in [-0.15, -0.1) is 0 Å². The van der Waals surface area contributed by atoms with Crippen molar-refractivity contribution in [2.24, 2.45) is 5.92 Å². The lowest BCUT2D eigenvalue weighted by atomic mass is 9.88. The van der Waals surface area contributed by atoms with Crippen LogP contribution in [-0.2, 0) is 17.7 Å². The molecule has 0 saturated carbocycles. The van der Waals surface area contributed by atoms with Crippen LogP contribution in [0.15, 0.2) is 46.9 Å². The molecule has 0 aliphatic carbocycles. The first-order chi connectivity index (χ1) is 12.9. The zero-order valence-electron chi connectivity index (χ0n) is 15.9. The first-order valence-electron chi connectivity index (χ1n) is 9.49. The van der Waals surface area contributed by atoms with Crippen molar-refractivity contribution in [2.45, 2.75) is 44.9 Å². The summed E-state index contributed by atoms with van der Waals surface area (Å²) in [5, 5.41) is 23.9. The van der Waals surface area contributed by atoms with Gasteiger partial charge in [-0.2, -0.15) is 0 Å². The highest BCUT2D eigenvalue weighted by molar-refractivity contribution is 9.10. The second-order valence-electron chi connectivity index (χ2n) is 7.67. The van der Waals surface area contributed by atoms with Crippen LogP contribution in [0.2, 0.25) is 0 Å².